The minimum atomic E-state index is -0.143. The molecule has 0 radical (unpaired) electrons. The SMILES string of the molecule is CN=C(NCCCCN1CCC(C(N)=O)CC1)NC(C)Cc1c(C)nn(C)c1C.I. The van der Waals surface area contributed by atoms with E-state index in [1.807, 2.05) is 18.8 Å². The second-order valence-electron chi connectivity index (χ2n) is 8.25. The number of nitrogens with one attached hydrogen (secondary N) is 2. The van der Waals surface area contributed by atoms with Crippen LogP contribution in [0.3, 0.4) is 0 Å². The lowest BCUT2D eigenvalue weighted by Crippen LogP contribution is -2.43. The molecule has 0 bridgehead atoms. The Morgan fingerprint density at radius 3 is 2.50 bits per heavy atom. The van der Waals surface area contributed by atoms with Gasteiger partial charge in [0.1, 0.15) is 0 Å². The number of carbonyl (C=O) groups excluding carboxylic acids is 1. The molecule has 0 aromatic carbocycles. The van der Waals surface area contributed by atoms with Gasteiger partial charge in [0.2, 0.25) is 5.91 Å². The number of piperidine rings is 1. The molecule has 30 heavy (non-hydrogen) atoms. The Hall–Kier alpha value is -1.36. The summed E-state index contributed by atoms with van der Waals surface area (Å²) < 4.78 is 1.95. The molecule has 1 atom stereocenters. The van der Waals surface area contributed by atoms with Crippen LogP contribution in [0.5, 0.6) is 0 Å². The lowest BCUT2D eigenvalue weighted by Gasteiger charge is -2.30. The molecule has 172 valence electrons. The molecule has 4 N–H and O–H groups in total. The van der Waals surface area contributed by atoms with E-state index in [0.29, 0.717) is 0 Å². The highest BCUT2D eigenvalue weighted by atomic mass is 127. The van der Waals surface area contributed by atoms with Crippen LogP contribution in [0, 0.1) is 19.8 Å². The predicted octanol–water partition coefficient (Wildman–Crippen LogP) is 1.73. The lowest BCUT2D eigenvalue weighted by molar-refractivity contribution is -0.123. The molecule has 1 unspecified atom stereocenters. The van der Waals surface area contributed by atoms with Gasteiger partial charge >= 0.3 is 0 Å². The van der Waals surface area contributed by atoms with Gasteiger partial charge in [0.15, 0.2) is 5.96 Å². The number of hydrogen-bond acceptors (Lipinski definition) is 4. The molecule has 0 aliphatic carbocycles. The molecule has 1 aliphatic rings. The number of nitrogens with zero attached hydrogens (tertiary/aromatic N) is 4. The van der Waals surface area contributed by atoms with E-state index >= 15 is 0 Å². The molecule has 0 saturated carbocycles. The third-order valence-electron chi connectivity index (χ3n) is 5.96. The minimum absolute atomic E-state index is 0. The highest BCUT2D eigenvalue weighted by Crippen LogP contribution is 2.17. The Morgan fingerprint density at radius 1 is 1.30 bits per heavy atom. The van der Waals surface area contributed by atoms with Crippen LogP contribution < -0.4 is 16.4 Å². The monoisotopic (exact) mass is 533 g/mol. The van der Waals surface area contributed by atoms with E-state index in [0.717, 1.165) is 69.9 Å². The van der Waals surface area contributed by atoms with Crippen LogP contribution in [0.4, 0.5) is 0 Å². The molecule has 0 spiro atoms. The van der Waals surface area contributed by atoms with E-state index in [9.17, 15) is 4.79 Å². The summed E-state index contributed by atoms with van der Waals surface area (Å²) in [4.78, 5) is 18.0. The maximum Gasteiger partial charge on any atom is 0.220 e. The van der Waals surface area contributed by atoms with Crippen molar-refractivity contribution < 1.29 is 4.79 Å². The van der Waals surface area contributed by atoms with Gasteiger partial charge in [-0.25, -0.2) is 0 Å². The second-order valence-corrected chi connectivity index (χ2v) is 8.25. The highest BCUT2D eigenvalue weighted by molar-refractivity contribution is 14.0. The fourth-order valence-electron chi connectivity index (χ4n) is 4.01. The first-order valence-corrected chi connectivity index (χ1v) is 10.8. The van der Waals surface area contributed by atoms with Gasteiger partial charge in [-0.3, -0.25) is 14.5 Å². The first-order chi connectivity index (χ1) is 13.8. The number of likely N-dealkylation sites (tertiary alicyclic amines) is 1. The standard InChI is InChI=1S/C21H39N7O.HI/c1-15(14-19-16(2)26-27(5)17(19)3)25-21(23-4)24-10-6-7-11-28-12-8-18(9-13-28)20(22)29;/h15,18H,6-14H2,1-5H3,(H2,22,29)(H2,23,24,25);1H. The van der Waals surface area contributed by atoms with E-state index < -0.39 is 0 Å². The topological polar surface area (TPSA) is 101 Å². The predicted molar refractivity (Wildman–Crippen MR) is 133 cm³/mol. The number of carbonyl (C=O) groups is 1. The summed E-state index contributed by atoms with van der Waals surface area (Å²) in [5.41, 5.74) is 9.03. The van der Waals surface area contributed by atoms with Crippen molar-refractivity contribution in [3.8, 4) is 0 Å². The Kier molecular flexibility index (Phi) is 11.7. The Labute approximate surface area is 198 Å². The summed E-state index contributed by atoms with van der Waals surface area (Å²) in [6, 6.07) is 0.273. The highest BCUT2D eigenvalue weighted by Gasteiger charge is 2.22. The number of hydrogen-bond donors (Lipinski definition) is 3. The summed E-state index contributed by atoms with van der Waals surface area (Å²) in [7, 11) is 3.80. The van der Waals surface area contributed by atoms with Crippen molar-refractivity contribution >= 4 is 35.8 Å². The van der Waals surface area contributed by atoms with Crippen LogP contribution in [0.1, 0.15) is 49.6 Å². The summed E-state index contributed by atoms with van der Waals surface area (Å²) in [6.07, 6.45) is 4.95. The van der Waals surface area contributed by atoms with Gasteiger partial charge in [-0.1, -0.05) is 0 Å². The van der Waals surface area contributed by atoms with Gasteiger partial charge in [-0.05, 0) is 78.1 Å². The van der Waals surface area contributed by atoms with Crippen molar-refractivity contribution in [3.05, 3.63) is 17.0 Å². The van der Waals surface area contributed by atoms with Crippen LogP contribution in [-0.4, -0.2) is 65.8 Å². The number of aromatic nitrogens is 2. The lowest BCUT2D eigenvalue weighted by atomic mass is 9.96. The molecule has 2 heterocycles. The molecule has 8 nitrogen and oxygen atoms in total. The molecule has 1 aromatic heterocycles. The molecule has 1 aliphatic heterocycles. The number of unbranched alkanes of at least 4 members (excludes halogenated alkanes) is 1. The number of guanidine groups is 1. The maximum absolute atomic E-state index is 11.2. The molecule has 1 saturated heterocycles. The van der Waals surface area contributed by atoms with Crippen molar-refractivity contribution in [2.75, 3.05) is 33.2 Å². The summed E-state index contributed by atoms with van der Waals surface area (Å²) in [5.74, 6) is 0.776. The second kappa shape index (κ2) is 13.1. The molecule has 9 heteroatoms. The van der Waals surface area contributed by atoms with Gasteiger partial charge in [0.25, 0.3) is 0 Å². The molecular weight excluding hydrogens is 493 g/mol. The van der Waals surface area contributed by atoms with E-state index in [1.165, 1.54) is 11.3 Å². The number of rotatable bonds is 9. The van der Waals surface area contributed by atoms with Crippen molar-refractivity contribution in [2.45, 2.75) is 58.9 Å². The molecule has 2 rings (SSSR count). The fourth-order valence-corrected chi connectivity index (χ4v) is 4.01. The van der Waals surface area contributed by atoms with Crippen LogP contribution in [0.2, 0.25) is 0 Å². The van der Waals surface area contributed by atoms with Crippen molar-refractivity contribution in [1.29, 1.82) is 0 Å². The van der Waals surface area contributed by atoms with Gasteiger partial charge in [-0.2, -0.15) is 5.10 Å². The number of aliphatic imine (C=N–C) groups is 1. The van der Waals surface area contributed by atoms with Gasteiger partial charge < -0.3 is 21.3 Å². The summed E-state index contributed by atoms with van der Waals surface area (Å²) in [5, 5.41) is 11.4. The quantitative estimate of drug-likeness (QED) is 0.194. The Bertz CT molecular complexity index is 696. The largest absolute Gasteiger partial charge is 0.369 e. The number of nitrogens with two attached hydrogens (primary N) is 1. The van der Waals surface area contributed by atoms with Gasteiger partial charge in [-0.15, -0.1) is 24.0 Å². The summed E-state index contributed by atoms with van der Waals surface area (Å²) in [6.45, 7) is 10.3. The van der Waals surface area contributed by atoms with Gasteiger partial charge in [0, 0.05) is 38.3 Å². The molecule has 1 fully saturated rings. The number of halogens is 1. The first kappa shape index (κ1) is 26.7. The fraction of sp³-hybridized carbons (Fsp3) is 0.762. The van der Waals surface area contributed by atoms with E-state index in [2.05, 4.69) is 46.4 Å². The Balaban J connectivity index is 0.00000450. The minimum Gasteiger partial charge on any atom is -0.369 e. The molecule has 1 amide bonds. The summed E-state index contributed by atoms with van der Waals surface area (Å²) >= 11 is 0. The average Bonchev–Trinajstić information content (AvgIpc) is 2.93. The van der Waals surface area contributed by atoms with Crippen LogP contribution in [0.15, 0.2) is 4.99 Å². The van der Waals surface area contributed by atoms with Crippen molar-refractivity contribution in [3.63, 3.8) is 0 Å². The Morgan fingerprint density at radius 2 is 1.97 bits per heavy atom. The van der Waals surface area contributed by atoms with Crippen LogP contribution >= 0.6 is 24.0 Å². The zero-order valence-corrected chi connectivity index (χ0v) is 21.5. The number of primary amides is 1. The smallest absolute Gasteiger partial charge is 0.220 e. The maximum atomic E-state index is 11.2. The van der Waals surface area contributed by atoms with E-state index in [1.54, 1.807) is 0 Å². The van der Waals surface area contributed by atoms with Gasteiger partial charge in [0.05, 0.1) is 5.69 Å². The zero-order chi connectivity index (χ0) is 21.4. The first-order valence-electron chi connectivity index (χ1n) is 10.8. The van der Waals surface area contributed by atoms with E-state index in [-0.39, 0.29) is 41.8 Å². The third kappa shape index (κ3) is 8.05. The molecular formula is C21H40IN7O. The molecule has 1 aromatic rings. The van der Waals surface area contributed by atoms with Crippen molar-refractivity contribution in [1.82, 2.24) is 25.3 Å². The number of aryl methyl sites for hydroxylation is 2. The normalized spacial score (nSPS) is 16.8. The number of amides is 1. The van der Waals surface area contributed by atoms with Crippen molar-refractivity contribution in [2.24, 2.45) is 23.7 Å². The van der Waals surface area contributed by atoms with E-state index in [4.69, 9.17) is 5.73 Å². The zero-order valence-electron chi connectivity index (χ0n) is 19.2. The van der Waals surface area contributed by atoms with Crippen LogP contribution in [-0.2, 0) is 18.3 Å². The third-order valence-corrected chi connectivity index (χ3v) is 5.96. The average molecular weight is 534 g/mol. The van der Waals surface area contributed by atoms with Crippen LogP contribution in [0.25, 0.3) is 0 Å².